The zero-order valence-corrected chi connectivity index (χ0v) is 7.93. The van der Waals surface area contributed by atoms with E-state index in [0.717, 1.165) is 17.7 Å². The second-order valence-corrected chi connectivity index (χ2v) is 3.73. The van der Waals surface area contributed by atoms with Crippen LogP contribution in [0.1, 0.15) is 0 Å². The molecule has 0 aliphatic carbocycles. The number of thioether (sulfide) groups is 1. The van der Waals surface area contributed by atoms with Crippen molar-refractivity contribution in [1.82, 2.24) is 0 Å². The van der Waals surface area contributed by atoms with Crippen molar-refractivity contribution in [2.75, 3.05) is 11.6 Å². The van der Waals surface area contributed by atoms with Crippen LogP contribution in [-0.2, 0) is 4.79 Å². The van der Waals surface area contributed by atoms with Gasteiger partial charge in [0, 0.05) is 0 Å². The van der Waals surface area contributed by atoms with Crippen molar-refractivity contribution in [1.29, 1.82) is 0 Å². The van der Waals surface area contributed by atoms with Gasteiger partial charge in [-0.15, -0.1) is 0 Å². The maximum Gasteiger partial charge on any atom is 0.286 e. The number of fused-ring (bicyclic) bond motifs is 1. The summed E-state index contributed by atoms with van der Waals surface area (Å²) in [5, 5.41) is 2.09. The van der Waals surface area contributed by atoms with Gasteiger partial charge in [0.25, 0.3) is 5.06 Å². The van der Waals surface area contributed by atoms with Crippen LogP contribution in [0.4, 0.5) is 5.69 Å². The number of benzene rings is 1. The number of carbonyl (C=O) groups is 1. The molecule has 13 heavy (non-hydrogen) atoms. The van der Waals surface area contributed by atoms with E-state index in [0.29, 0.717) is 0 Å². The lowest BCUT2D eigenvalue weighted by atomic mass is 10.3. The van der Waals surface area contributed by atoms with E-state index in [-0.39, 0.29) is 0 Å². The van der Waals surface area contributed by atoms with Crippen molar-refractivity contribution in [3.05, 3.63) is 24.3 Å². The van der Waals surface area contributed by atoms with Gasteiger partial charge in [-0.05, 0) is 18.4 Å². The number of rotatable bonds is 2. The summed E-state index contributed by atoms with van der Waals surface area (Å²) >= 11 is 1.34. The zero-order valence-electron chi connectivity index (χ0n) is 7.11. The van der Waals surface area contributed by atoms with E-state index in [1.165, 1.54) is 11.8 Å². The largest absolute Gasteiger partial charge is 0.450 e. The minimum Gasteiger partial charge on any atom is -0.450 e. The standard InChI is InChI=1S/C9H9NO2S/c1-13-9(6-11)10-7-4-2-3-5-8(7)12-9/h2-6,10H,1H3. The average Bonchev–Trinajstić information content (AvgIpc) is 2.57. The molecule has 3 nitrogen and oxygen atoms in total. The normalized spacial score (nSPS) is 24.4. The van der Waals surface area contributed by atoms with Crippen molar-refractivity contribution < 1.29 is 9.53 Å². The molecule has 0 aromatic heterocycles. The Kier molecular flexibility index (Phi) is 1.92. The molecule has 0 saturated carbocycles. The van der Waals surface area contributed by atoms with Crippen molar-refractivity contribution in [2.24, 2.45) is 0 Å². The van der Waals surface area contributed by atoms with E-state index in [4.69, 9.17) is 4.74 Å². The molecule has 0 spiro atoms. The third kappa shape index (κ3) is 1.27. The lowest BCUT2D eigenvalue weighted by molar-refractivity contribution is -0.113. The Balaban J connectivity index is 2.35. The first-order valence-corrected chi connectivity index (χ1v) is 5.10. The molecule has 0 fully saturated rings. The Morgan fingerprint density at radius 2 is 2.31 bits per heavy atom. The Labute approximate surface area is 80.5 Å². The summed E-state index contributed by atoms with van der Waals surface area (Å²) in [6.07, 6.45) is 2.60. The van der Waals surface area contributed by atoms with Crippen LogP contribution >= 0.6 is 11.8 Å². The molecule has 1 heterocycles. The number of para-hydroxylation sites is 2. The van der Waals surface area contributed by atoms with Gasteiger partial charge in [-0.25, -0.2) is 0 Å². The van der Waals surface area contributed by atoms with E-state index < -0.39 is 5.06 Å². The molecule has 0 saturated heterocycles. The first-order valence-electron chi connectivity index (χ1n) is 3.87. The Morgan fingerprint density at radius 3 is 2.92 bits per heavy atom. The summed E-state index contributed by atoms with van der Waals surface area (Å²) in [5.74, 6) is 0.726. The van der Waals surface area contributed by atoms with Crippen molar-refractivity contribution in [2.45, 2.75) is 5.06 Å². The van der Waals surface area contributed by atoms with Gasteiger partial charge in [0.1, 0.15) is 5.75 Å². The average molecular weight is 195 g/mol. The maximum atomic E-state index is 10.8. The predicted molar refractivity (Wildman–Crippen MR) is 53.0 cm³/mol. The van der Waals surface area contributed by atoms with E-state index in [1.54, 1.807) is 0 Å². The van der Waals surface area contributed by atoms with Gasteiger partial charge in [-0.2, -0.15) is 0 Å². The molecule has 68 valence electrons. The third-order valence-electron chi connectivity index (χ3n) is 1.92. The number of nitrogens with one attached hydrogen (secondary N) is 1. The molecule has 2 rings (SSSR count). The number of carbonyl (C=O) groups excluding carboxylic acids is 1. The van der Waals surface area contributed by atoms with Gasteiger partial charge in [0.05, 0.1) is 5.69 Å². The molecule has 0 amide bonds. The van der Waals surface area contributed by atoms with Gasteiger partial charge in [0.2, 0.25) is 0 Å². The van der Waals surface area contributed by atoms with Gasteiger partial charge in [-0.3, -0.25) is 4.79 Å². The number of aldehydes is 1. The third-order valence-corrected chi connectivity index (χ3v) is 2.80. The summed E-state index contributed by atoms with van der Waals surface area (Å²) < 4.78 is 5.48. The van der Waals surface area contributed by atoms with Gasteiger partial charge < -0.3 is 10.1 Å². The van der Waals surface area contributed by atoms with E-state index in [2.05, 4.69) is 5.32 Å². The summed E-state index contributed by atoms with van der Waals surface area (Å²) in [6.45, 7) is 0. The fourth-order valence-electron chi connectivity index (χ4n) is 1.23. The lowest BCUT2D eigenvalue weighted by Crippen LogP contribution is -2.37. The van der Waals surface area contributed by atoms with E-state index >= 15 is 0 Å². The smallest absolute Gasteiger partial charge is 0.286 e. The van der Waals surface area contributed by atoms with Crippen LogP contribution in [0.5, 0.6) is 5.75 Å². The summed E-state index contributed by atoms with van der Waals surface area (Å²) in [5.41, 5.74) is 0.865. The van der Waals surface area contributed by atoms with Crippen LogP contribution in [0.15, 0.2) is 24.3 Å². The molecule has 1 unspecified atom stereocenters. The number of ether oxygens (including phenoxy) is 1. The molecule has 1 aliphatic heterocycles. The van der Waals surface area contributed by atoms with Crippen LogP contribution in [0, 0.1) is 0 Å². The highest BCUT2D eigenvalue weighted by Crippen LogP contribution is 2.39. The van der Waals surface area contributed by atoms with Crippen LogP contribution in [-0.4, -0.2) is 17.6 Å². The Morgan fingerprint density at radius 1 is 1.54 bits per heavy atom. The van der Waals surface area contributed by atoms with E-state index in [1.807, 2.05) is 30.5 Å². The molecule has 4 heteroatoms. The van der Waals surface area contributed by atoms with Gasteiger partial charge in [-0.1, -0.05) is 23.9 Å². The molecule has 1 aromatic rings. The fourth-order valence-corrected chi connectivity index (χ4v) is 1.71. The predicted octanol–water partition coefficient (Wildman–Crippen LogP) is 1.71. The molecule has 0 radical (unpaired) electrons. The summed E-state index contributed by atoms with van der Waals surface area (Å²) in [6, 6.07) is 7.50. The van der Waals surface area contributed by atoms with Crippen molar-refractivity contribution >= 4 is 23.7 Å². The van der Waals surface area contributed by atoms with Crippen LogP contribution in [0.25, 0.3) is 0 Å². The highest BCUT2D eigenvalue weighted by molar-refractivity contribution is 8.00. The zero-order chi connectivity index (χ0) is 9.31. The highest BCUT2D eigenvalue weighted by atomic mass is 32.2. The molecule has 1 aliphatic rings. The molecular weight excluding hydrogens is 186 g/mol. The Hall–Kier alpha value is -1.16. The van der Waals surface area contributed by atoms with Crippen LogP contribution < -0.4 is 10.1 Å². The van der Waals surface area contributed by atoms with Crippen molar-refractivity contribution in [3.8, 4) is 5.75 Å². The highest BCUT2D eigenvalue weighted by Gasteiger charge is 2.37. The maximum absolute atomic E-state index is 10.8. The molecule has 0 bridgehead atoms. The van der Waals surface area contributed by atoms with E-state index in [9.17, 15) is 4.79 Å². The quantitative estimate of drug-likeness (QED) is 0.729. The number of hydrogen-bond donors (Lipinski definition) is 1. The number of hydrogen-bond acceptors (Lipinski definition) is 4. The molecule has 1 atom stereocenters. The summed E-state index contributed by atoms with van der Waals surface area (Å²) in [4.78, 5) is 10.8. The fraction of sp³-hybridized carbons (Fsp3) is 0.222. The second kappa shape index (κ2) is 2.96. The van der Waals surface area contributed by atoms with Gasteiger partial charge >= 0.3 is 0 Å². The lowest BCUT2D eigenvalue weighted by Gasteiger charge is -2.19. The minimum atomic E-state index is -0.927. The second-order valence-electron chi connectivity index (χ2n) is 2.71. The monoisotopic (exact) mass is 195 g/mol. The van der Waals surface area contributed by atoms with Crippen LogP contribution in [0.2, 0.25) is 0 Å². The first kappa shape index (κ1) is 8.44. The topological polar surface area (TPSA) is 38.3 Å². The van der Waals surface area contributed by atoms with Crippen LogP contribution in [0.3, 0.4) is 0 Å². The minimum absolute atomic E-state index is 0.726. The molecule has 1 N–H and O–H groups in total. The molecular formula is C9H9NO2S. The van der Waals surface area contributed by atoms with Crippen molar-refractivity contribution in [3.63, 3.8) is 0 Å². The van der Waals surface area contributed by atoms with Gasteiger partial charge in [0.15, 0.2) is 6.29 Å². The molecule has 1 aromatic carbocycles. The summed E-state index contributed by atoms with van der Waals surface area (Å²) in [7, 11) is 0. The first-order chi connectivity index (χ1) is 6.29. The number of anilines is 1. The SMILES string of the molecule is CSC1(C=O)Nc2ccccc2O1. The Bertz CT molecular complexity index is 315.